The lowest BCUT2D eigenvalue weighted by molar-refractivity contribution is 0.408. The summed E-state index contributed by atoms with van der Waals surface area (Å²) < 4.78 is 5.41. The van der Waals surface area contributed by atoms with Crippen LogP contribution in [0.2, 0.25) is 5.02 Å². The van der Waals surface area contributed by atoms with Gasteiger partial charge in [0.15, 0.2) is 0 Å². The summed E-state index contributed by atoms with van der Waals surface area (Å²) in [5, 5.41) is 1.68. The molecule has 0 amide bonds. The average molecular weight is 340 g/mol. The molecule has 0 aliphatic heterocycles. The second-order valence-electron chi connectivity index (χ2n) is 4.42. The highest BCUT2D eigenvalue weighted by Gasteiger charge is 2.13. The topological polar surface area (TPSA) is 9.23 Å². The van der Waals surface area contributed by atoms with Gasteiger partial charge in [0, 0.05) is 10.4 Å². The van der Waals surface area contributed by atoms with Crippen LogP contribution < -0.4 is 4.74 Å². The Kier molecular flexibility index (Phi) is 5.29. The van der Waals surface area contributed by atoms with E-state index in [1.165, 1.54) is 11.1 Å². The molecule has 0 bridgehead atoms. The molecule has 0 saturated carbocycles. The largest absolute Gasteiger partial charge is 0.496 e. The van der Waals surface area contributed by atoms with Crippen molar-refractivity contribution in [1.82, 2.24) is 0 Å². The summed E-state index contributed by atoms with van der Waals surface area (Å²) in [4.78, 5) is 0. The minimum Gasteiger partial charge on any atom is -0.496 e. The van der Waals surface area contributed by atoms with Crippen molar-refractivity contribution in [3.05, 3.63) is 64.7 Å². The van der Waals surface area contributed by atoms with Crippen molar-refractivity contribution in [1.29, 1.82) is 0 Å². The summed E-state index contributed by atoms with van der Waals surface area (Å²) in [6.07, 6.45) is 0.941. The first-order valence-corrected chi connectivity index (χ1v) is 7.68. The second kappa shape index (κ2) is 6.97. The van der Waals surface area contributed by atoms with Gasteiger partial charge in [-0.2, -0.15) is 0 Å². The van der Waals surface area contributed by atoms with Crippen LogP contribution in [-0.2, 0) is 6.42 Å². The molecule has 0 aliphatic carbocycles. The molecule has 19 heavy (non-hydrogen) atoms. The standard InChI is InChI=1S/C16H16BrClO/c1-19-16-5-3-2-4-13(16)10-14(11-17)12-6-8-15(18)9-7-12/h2-9,14H,10-11H2,1H3. The normalized spacial score (nSPS) is 12.2. The van der Waals surface area contributed by atoms with Gasteiger partial charge in [-0.1, -0.05) is 57.9 Å². The highest BCUT2D eigenvalue weighted by atomic mass is 79.9. The number of rotatable bonds is 5. The van der Waals surface area contributed by atoms with Gasteiger partial charge >= 0.3 is 0 Å². The zero-order valence-corrected chi connectivity index (χ0v) is 13.1. The van der Waals surface area contributed by atoms with Crippen molar-refractivity contribution >= 4 is 27.5 Å². The van der Waals surface area contributed by atoms with Gasteiger partial charge in [0.25, 0.3) is 0 Å². The van der Waals surface area contributed by atoms with Crippen molar-refractivity contribution in [2.24, 2.45) is 0 Å². The van der Waals surface area contributed by atoms with Gasteiger partial charge in [-0.05, 0) is 41.7 Å². The molecule has 0 saturated heterocycles. The van der Waals surface area contributed by atoms with Gasteiger partial charge < -0.3 is 4.74 Å². The fourth-order valence-electron chi connectivity index (χ4n) is 2.13. The lowest BCUT2D eigenvalue weighted by Gasteiger charge is -2.16. The van der Waals surface area contributed by atoms with E-state index in [9.17, 15) is 0 Å². The van der Waals surface area contributed by atoms with E-state index >= 15 is 0 Å². The third-order valence-electron chi connectivity index (χ3n) is 3.19. The smallest absolute Gasteiger partial charge is 0.122 e. The van der Waals surface area contributed by atoms with Crippen molar-refractivity contribution in [2.75, 3.05) is 12.4 Å². The van der Waals surface area contributed by atoms with Gasteiger partial charge in [-0.3, -0.25) is 0 Å². The maximum Gasteiger partial charge on any atom is 0.122 e. The number of para-hydroxylation sites is 1. The number of hydrogen-bond donors (Lipinski definition) is 0. The van der Waals surface area contributed by atoms with Crippen LogP contribution in [0.3, 0.4) is 0 Å². The van der Waals surface area contributed by atoms with E-state index in [4.69, 9.17) is 16.3 Å². The van der Waals surface area contributed by atoms with Crippen LogP contribution in [0.5, 0.6) is 5.75 Å². The van der Waals surface area contributed by atoms with E-state index < -0.39 is 0 Å². The SMILES string of the molecule is COc1ccccc1CC(CBr)c1ccc(Cl)cc1. The molecule has 0 aliphatic rings. The molecule has 2 aromatic carbocycles. The molecule has 3 heteroatoms. The third-order valence-corrected chi connectivity index (χ3v) is 4.22. The fourth-order valence-corrected chi connectivity index (χ4v) is 2.86. The molecule has 0 aromatic heterocycles. The molecule has 0 N–H and O–H groups in total. The maximum atomic E-state index is 5.94. The van der Waals surface area contributed by atoms with Crippen molar-refractivity contribution in [2.45, 2.75) is 12.3 Å². The van der Waals surface area contributed by atoms with E-state index in [0.29, 0.717) is 5.92 Å². The lowest BCUT2D eigenvalue weighted by atomic mass is 9.93. The summed E-state index contributed by atoms with van der Waals surface area (Å²) in [5.74, 6) is 1.36. The van der Waals surface area contributed by atoms with Crippen molar-refractivity contribution < 1.29 is 4.74 Å². The van der Waals surface area contributed by atoms with Crippen LogP contribution in [0.25, 0.3) is 0 Å². The van der Waals surface area contributed by atoms with Crippen LogP contribution in [-0.4, -0.2) is 12.4 Å². The molecule has 2 aromatic rings. The Labute approximate surface area is 127 Å². The molecule has 100 valence electrons. The summed E-state index contributed by atoms with van der Waals surface area (Å²) in [7, 11) is 1.71. The molecular formula is C16H16BrClO. The average Bonchev–Trinajstić information content (AvgIpc) is 2.46. The van der Waals surface area contributed by atoms with Crippen LogP contribution in [0.15, 0.2) is 48.5 Å². The fraction of sp³-hybridized carbons (Fsp3) is 0.250. The molecule has 1 nitrogen and oxygen atoms in total. The number of hydrogen-bond acceptors (Lipinski definition) is 1. The van der Waals surface area contributed by atoms with E-state index in [-0.39, 0.29) is 0 Å². The van der Waals surface area contributed by atoms with Gasteiger partial charge in [-0.15, -0.1) is 0 Å². The Balaban J connectivity index is 2.21. The summed E-state index contributed by atoms with van der Waals surface area (Å²) >= 11 is 9.54. The van der Waals surface area contributed by atoms with E-state index in [1.54, 1.807) is 7.11 Å². The predicted molar refractivity (Wildman–Crippen MR) is 84.7 cm³/mol. The van der Waals surface area contributed by atoms with Crippen molar-refractivity contribution in [3.8, 4) is 5.75 Å². The van der Waals surface area contributed by atoms with Crippen LogP contribution in [0, 0.1) is 0 Å². The molecule has 0 heterocycles. The Hall–Kier alpha value is -0.990. The Morgan fingerprint density at radius 2 is 1.79 bits per heavy atom. The third kappa shape index (κ3) is 3.74. The number of halogens is 2. The van der Waals surface area contributed by atoms with Crippen LogP contribution in [0.4, 0.5) is 0 Å². The number of methoxy groups -OCH3 is 1. The molecule has 1 unspecified atom stereocenters. The highest BCUT2D eigenvalue weighted by Crippen LogP contribution is 2.28. The Morgan fingerprint density at radius 3 is 2.42 bits per heavy atom. The monoisotopic (exact) mass is 338 g/mol. The zero-order valence-electron chi connectivity index (χ0n) is 10.8. The first-order valence-electron chi connectivity index (χ1n) is 6.18. The van der Waals surface area contributed by atoms with Crippen molar-refractivity contribution in [3.63, 3.8) is 0 Å². The molecule has 0 spiro atoms. The molecule has 2 rings (SSSR count). The summed E-state index contributed by atoms with van der Waals surface area (Å²) in [5.41, 5.74) is 2.51. The Morgan fingerprint density at radius 1 is 1.11 bits per heavy atom. The highest BCUT2D eigenvalue weighted by molar-refractivity contribution is 9.09. The Bertz CT molecular complexity index is 525. The number of benzene rings is 2. The number of alkyl halides is 1. The maximum absolute atomic E-state index is 5.94. The first-order chi connectivity index (χ1) is 9.24. The van der Waals surface area contributed by atoms with Gasteiger partial charge in [-0.25, -0.2) is 0 Å². The summed E-state index contributed by atoms with van der Waals surface area (Å²) in [6.45, 7) is 0. The molecule has 1 atom stereocenters. The van der Waals surface area contributed by atoms with E-state index in [0.717, 1.165) is 22.5 Å². The number of ether oxygens (including phenoxy) is 1. The second-order valence-corrected chi connectivity index (χ2v) is 5.50. The van der Waals surface area contributed by atoms with Gasteiger partial charge in [0.2, 0.25) is 0 Å². The van der Waals surface area contributed by atoms with E-state index in [2.05, 4.69) is 34.1 Å². The van der Waals surface area contributed by atoms with Crippen LogP contribution in [0.1, 0.15) is 17.0 Å². The molecule has 0 radical (unpaired) electrons. The zero-order chi connectivity index (χ0) is 13.7. The van der Waals surface area contributed by atoms with E-state index in [1.807, 2.05) is 30.3 Å². The van der Waals surface area contributed by atoms with Gasteiger partial charge in [0.05, 0.1) is 7.11 Å². The lowest BCUT2D eigenvalue weighted by Crippen LogP contribution is -2.05. The molecule has 0 fully saturated rings. The predicted octanol–water partition coefficient (Wildman–Crippen LogP) is 5.07. The first kappa shape index (κ1) is 14.4. The minimum absolute atomic E-state index is 0.411. The van der Waals surface area contributed by atoms with Crippen LogP contribution >= 0.6 is 27.5 Å². The molecular weight excluding hydrogens is 324 g/mol. The summed E-state index contributed by atoms with van der Waals surface area (Å²) in [6, 6.07) is 16.2. The quantitative estimate of drug-likeness (QED) is 0.691. The minimum atomic E-state index is 0.411. The van der Waals surface area contributed by atoms with Gasteiger partial charge in [0.1, 0.15) is 5.75 Å².